The summed E-state index contributed by atoms with van der Waals surface area (Å²) in [5.41, 5.74) is 3.84. The van der Waals surface area contributed by atoms with E-state index < -0.39 is 0 Å². The molecule has 0 bridgehead atoms. The fraction of sp³-hybridized carbons (Fsp3) is 0.143. The molecule has 0 aliphatic carbocycles. The lowest BCUT2D eigenvalue weighted by molar-refractivity contribution is 0.950. The first-order chi connectivity index (χ1) is 7.86. The molecular weight excluding hydrogens is 196 g/mol. The van der Waals surface area contributed by atoms with Gasteiger partial charge in [0.2, 0.25) is 0 Å². The average Bonchev–Trinajstić information content (AvgIpc) is 2.69. The van der Waals surface area contributed by atoms with E-state index in [9.17, 15) is 0 Å². The summed E-state index contributed by atoms with van der Waals surface area (Å²) in [6, 6.07) is 19.0. The molecule has 2 aromatic carbocycles. The highest BCUT2D eigenvalue weighted by atomic mass is 15.4. The van der Waals surface area contributed by atoms with Crippen molar-refractivity contribution in [1.82, 2.24) is 0 Å². The van der Waals surface area contributed by atoms with E-state index in [0.717, 1.165) is 6.67 Å². The molecule has 2 heteroatoms. The van der Waals surface area contributed by atoms with E-state index >= 15 is 0 Å². The molecule has 0 spiro atoms. The third-order valence-electron chi connectivity index (χ3n) is 3.01. The van der Waals surface area contributed by atoms with Crippen molar-refractivity contribution in [3.8, 4) is 0 Å². The third-order valence-corrected chi connectivity index (χ3v) is 3.01. The second kappa shape index (κ2) is 3.56. The van der Waals surface area contributed by atoms with Gasteiger partial charge in [-0.05, 0) is 24.3 Å². The first-order valence-corrected chi connectivity index (χ1v) is 5.49. The van der Waals surface area contributed by atoms with Crippen LogP contribution in [-0.2, 0) is 0 Å². The molecule has 16 heavy (non-hydrogen) atoms. The van der Waals surface area contributed by atoms with Crippen LogP contribution in [0.15, 0.2) is 54.6 Å². The van der Waals surface area contributed by atoms with Crippen LogP contribution in [0.25, 0.3) is 0 Å². The summed E-state index contributed by atoms with van der Waals surface area (Å²) in [4.78, 5) is 4.59. The van der Waals surface area contributed by atoms with Crippen molar-refractivity contribution in [1.29, 1.82) is 0 Å². The van der Waals surface area contributed by atoms with Crippen molar-refractivity contribution < 1.29 is 0 Å². The summed E-state index contributed by atoms with van der Waals surface area (Å²) in [5, 5.41) is 0. The van der Waals surface area contributed by atoms with Crippen LogP contribution in [0.2, 0.25) is 0 Å². The molecule has 0 N–H and O–H groups in total. The minimum absolute atomic E-state index is 0.920. The second-order valence-corrected chi connectivity index (χ2v) is 4.09. The molecule has 1 heterocycles. The van der Waals surface area contributed by atoms with Crippen LogP contribution in [0.4, 0.5) is 17.1 Å². The highest BCUT2D eigenvalue weighted by Crippen LogP contribution is 2.38. The number of para-hydroxylation sites is 3. The van der Waals surface area contributed by atoms with Gasteiger partial charge in [0.1, 0.15) is 0 Å². The maximum Gasteiger partial charge on any atom is 0.0950 e. The molecule has 2 nitrogen and oxygen atoms in total. The van der Waals surface area contributed by atoms with Gasteiger partial charge in [0.25, 0.3) is 0 Å². The van der Waals surface area contributed by atoms with Gasteiger partial charge in [-0.2, -0.15) is 0 Å². The van der Waals surface area contributed by atoms with Crippen LogP contribution in [0, 0.1) is 0 Å². The third kappa shape index (κ3) is 1.34. The predicted molar refractivity (Wildman–Crippen MR) is 68.3 cm³/mol. The van der Waals surface area contributed by atoms with Gasteiger partial charge in [-0.15, -0.1) is 0 Å². The van der Waals surface area contributed by atoms with E-state index in [0.29, 0.717) is 0 Å². The van der Waals surface area contributed by atoms with E-state index in [1.54, 1.807) is 0 Å². The minimum Gasteiger partial charge on any atom is -0.355 e. The molecule has 0 amide bonds. The van der Waals surface area contributed by atoms with Gasteiger partial charge in [-0.1, -0.05) is 30.3 Å². The number of nitrogens with zero attached hydrogens (tertiary/aromatic N) is 2. The maximum atomic E-state index is 2.33. The van der Waals surface area contributed by atoms with Crippen molar-refractivity contribution in [2.75, 3.05) is 23.5 Å². The summed E-state index contributed by atoms with van der Waals surface area (Å²) in [6.45, 7) is 0.920. The smallest absolute Gasteiger partial charge is 0.0950 e. The Bertz CT molecular complexity index is 493. The lowest BCUT2D eigenvalue weighted by Gasteiger charge is -2.19. The van der Waals surface area contributed by atoms with Gasteiger partial charge in [0.15, 0.2) is 0 Å². The topological polar surface area (TPSA) is 6.48 Å². The first kappa shape index (κ1) is 9.28. The molecule has 0 saturated heterocycles. The summed E-state index contributed by atoms with van der Waals surface area (Å²) in [6.07, 6.45) is 0. The Morgan fingerprint density at radius 2 is 1.44 bits per heavy atom. The van der Waals surface area contributed by atoms with E-state index in [2.05, 4.69) is 71.4 Å². The maximum absolute atomic E-state index is 2.33. The van der Waals surface area contributed by atoms with Gasteiger partial charge >= 0.3 is 0 Å². The highest BCUT2D eigenvalue weighted by molar-refractivity contribution is 5.81. The SMILES string of the molecule is CN1CN(c2ccccc2)c2ccccc21. The van der Waals surface area contributed by atoms with Crippen LogP contribution >= 0.6 is 0 Å². The Hall–Kier alpha value is -1.96. The van der Waals surface area contributed by atoms with Gasteiger partial charge in [0.05, 0.1) is 18.0 Å². The predicted octanol–water partition coefficient (Wildman–Crippen LogP) is 3.23. The van der Waals surface area contributed by atoms with Crippen molar-refractivity contribution in [2.24, 2.45) is 0 Å². The summed E-state index contributed by atoms with van der Waals surface area (Å²) >= 11 is 0. The summed E-state index contributed by atoms with van der Waals surface area (Å²) in [7, 11) is 2.13. The first-order valence-electron chi connectivity index (χ1n) is 5.49. The van der Waals surface area contributed by atoms with E-state index in [-0.39, 0.29) is 0 Å². The number of hydrogen-bond donors (Lipinski definition) is 0. The molecule has 1 aliphatic heterocycles. The molecule has 0 aromatic heterocycles. The zero-order chi connectivity index (χ0) is 11.0. The molecule has 0 atom stereocenters. The molecule has 0 fully saturated rings. The van der Waals surface area contributed by atoms with E-state index in [1.807, 2.05) is 0 Å². The van der Waals surface area contributed by atoms with Crippen LogP contribution < -0.4 is 9.80 Å². The average molecular weight is 210 g/mol. The van der Waals surface area contributed by atoms with E-state index in [4.69, 9.17) is 0 Å². The Kier molecular flexibility index (Phi) is 2.07. The Labute approximate surface area is 95.7 Å². The largest absolute Gasteiger partial charge is 0.355 e. The fourth-order valence-corrected chi connectivity index (χ4v) is 2.21. The van der Waals surface area contributed by atoms with Crippen molar-refractivity contribution in [3.05, 3.63) is 54.6 Å². The summed E-state index contributed by atoms with van der Waals surface area (Å²) in [5.74, 6) is 0. The molecule has 80 valence electrons. The summed E-state index contributed by atoms with van der Waals surface area (Å²) < 4.78 is 0. The van der Waals surface area contributed by atoms with Gasteiger partial charge in [-0.25, -0.2) is 0 Å². The minimum atomic E-state index is 0.920. The molecule has 0 saturated carbocycles. The number of hydrogen-bond acceptors (Lipinski definition) is 2. The molecule has 3 rings (SSSR count). The highest BCUT2D eigenvalue weighted by Gasteiger charge is 2.23. The zero-order valence-electron chi connectivity index (χ0n) is 9.30. The van der Waals surface area contributed by atoms with E-state index in [1.165, 1.54) is 17.1 Å². The Balaban J connectivity index is 2.07. The van der Waals surface area contributed by atoms with Crippen LogP contribution in [0.3, 0.4) is 0 Å². The number of rotatable bonds is 1. The number of fused-ring (bicyclic) bond motifs is 1. The monoisotopic (exact) mass is 210 g/mol. The zero-order valence-corrected chi connectivity index (χ0v) is 9.30. The lowest BCUT2D eigenvalue weighted by atomic mass is 10.2. The van der Waals surface area contributed by atoms with Crippen LogP contribution in [0.5, 0.6) is 0 Å². The van der Waals surface area contributed by atoms with Crippen LogP contribution in [-0.4, -0.2) is 13.7 Å². The number of benzene rings is 2. The van der Waals surface area contributed by atoms with Gasteiger partial charge in [0, 0.05) is 12.7 Å². The molecule has 2 aromatic rings. The van der Waals surface area contributed by atoms with Crippen LogP contribution in [0.1, 0.15) is 0 Å². The molecular formula is C14H14N2. The van der Waals surface area contributed by atoms with Crippen molar-refractivity contribution in [2.45, 2.75) is 0 Å². The Morgan fingerprint density at radius 3 is 2.19 bits per heavy atom. The van der Waals surface area contributed by atoms with Crippen molar-refractivity contribution >= 4 is 17.1 Å². The van der Waals surface area contributed by atoms with Crippen molar-refractivity contribution in [3.63, 3.8) is 0 Å². The number of anilines is 3. The molecule has 1 aliphatic rings. The standard InChI is InChI=1S/C14H14N2/c1-15-11-16(12-7-3-2-4-8-12)14-10-6-5-9-13(14)15/h2-10H,11H2,1H3. The lowest BCUT2D eigenvalue weighted by Crippen LogP contribution is -2.23. The van der Waals surface area contributed by atoms with Gasteiger partial charge in [-0.3, -0.25) is 0 Å². The second-order valence-electron chi connectivity index (χ2n) is 4.09. The molecule has 0 unspecified atom stereocenters. The molecule has 0 radical (unpaired) electrons. The normalized spacial score (nSPS) is 14.1. The fourth-order valence-electron chi connectivity index (χ4n) is 2.21. The van der Waals surface area contributed by atoms with Gasteiger partial charge < -0.3 is 9.80 Å². The Morgan fingerprint density at radius 1 is 0.812 bits per heavy atom. The quantitative estimate of drug-likeness (QED) is 0.713.